The van der Waals surface area contributed by atoms with Gasteiger partial charge >= 0.3 is 17.9 Å². The number of carbonyl (C=O) groups is 4. The molecule has 10 atom stereocenters. The Morgan fingerprint density at radius 2 is 0.700 bits per heavy atom. The Morgan fingerprint density at radius 3 is 1.00 bits per heavy atom. The molecule has 0 amide bonds. The molecule has 13 rings (SSSR count). The quantitative estimate of drug-likeness (QED) is 0.0329. The Morgan fingerprint density at radius 1 is 0.420 bits per heavy atom. The van der Waals surface area contributed by atoms with Crippen molar-refractivity contribution in [3.05, 3.63) is 227 Å². The van der Waals surface area contributed by atoms with Crippen LogP contribution in [0, 0.1) is 0 Å². The summed E-state index contributed by atoms with van der Waals surface area (Å²) in [5.74, 6) is 1.04. The maximum absolute atomic E-state index is 13.0. The number of benzene rings is 7. The van der Waals surface area contributed by atoms with Crippen LogP contribution >= 0.6 is 11.6 Å². The van der Waals surface area contributed by atoms with Crippen molar-refractivity contribution in [2.45, 2.75) is 202 Å². The van der Waals surface area contributed by atoms with Crippen molar-refractivity contribution in [3.63, 3.8) is 0 Å². The van der Waals surface area contributed by atoms with Crippen LogP contribution in [0.2, 0.25) is 0 Å². The van der Waals surface area contributed by atoms with Crippen LogP contribution in [-0.4, -0.2) is 142 Å². The fourth-order valence-electron chi connectivity index (χ4n) is 14.7. The lowest BCUT2D eigenvalue weighted by molar-refractivity contribution is -0.161. The maximum Gasteiger partial charge on any atom is 0.318 e. The molecule has 7 aromatic rings. The standard InChI is InChI=1S/C25H31NO4.C24H29NO3.C18H25NO4.C16H15ClO2/c1-25(17-27,24(28)30-23-14-20-10-11-21(15-23)26(20)2)19-8-12-22(13-9-19)29-16-18-6-4-3-5-7-18;1-17(24(26)28-23-14-20-10-11-21(15-23)25(20)2)19-8-12-22(13-9-19)27-16-18-6-4-3-5-7-18;1-18(11-20,12-3-7-15(21)8-4-12)17(22)23-16-9-13-5-6-14(10-16)19(13)2;1-12(16(17)18)14-7-9-15(10-8-14)19-11-13-5-3-2-4-6-13/h3-9,12-13,20-21,23,27H,10-11,14-17H2,1-2H3;3-9,12-13,17,20-21,23H,10-11,14-16H2,1-2H3;3-4,7-8,13-14,16,20-21H,5-6,9-11H2,1-2H3;2-10,12H,11H2,1H3. The second-order valence-electron chi connectivity index (χ2n) is 28.4. The van der Waals surface area contributed by atoms with Gasteiger partial charge in [-0.05, 0) is 218 Å². The molecule has 100 heavy (non-hydrogen) atoms. The normalized spacial score (nSPS) is 23.9. The number of halogens is 1. The first-order valence-corrected chi connectivity index (χ1v) is 35.9. The van der Waals surface area contributed by atoms with Crippen LogP contribution in [0.1, 0.15) is 156 Å². The van der Waals surface area contributed by atoms with Crippen molar-refractivity contribution in [2.24, 2.45) is 0 Å². The van der Waals surface area contributed by atoms with Gasteiger partial charge in [0.05, 0.1) is 25.0 Å². The molecular formula is C83H100ClN3O13. The minimum atomic E-state index is -1.10. The first-order valence-electron chi connectivity index (χ1n) is 35.5. The average molecular weight is 1380 g/mol. The van der Waals surface area contributed by atoms with Gasteiger partial charge in [0.2, 0.25) is 5.24 Å². The van der Waals surface area contributed by atoms with E-state index in [1.807, 2.05) is 171 Å². The van der Waals surface area contributed by atoms with E-state index in [0.717, 1.165) is 89.2 Å². The molecule has 16 nitrogen and oxygen atoms in total. The van der Waals surface area contributed by atoms with Gasteiger partial charge in [-0.3, -0.25) is 19.2 Å². The summed E-state index contributed by atoms with van der Waals surface area (Å²) >= 11 is 5.47. The van der Waals surface area contributed by atoms with Crippen LogP contribution in [-0.2, 0) is 64.0 Å². The number of fused-ring (bicyclic) bond motifs is 6. The summed E-state index contributed by atoms with van der Waals surface area (Å²) < 4.78 is 34.9. The molecule has 0 spiro atoms. The summed E-state index contributed by atoms with van der Waals surface area (Å²) in [7, 11) is 6.51. The van der Waals surface area contributed by atoms with E-state index >= 15 is 0 Å². The number of hydrogen-bond donors (Lipinski definition) is 3. The van der Waals surface area contributed by atoms with E-state index in [0.29, 0.717) is 61.6 Å². The highest BCUT2D eigenvalue weighted by Gasteiger charge is 2.46. The minimum absolute atomic E-state index is 0.0643. The predicted octanol–water partition coefficient (Wildman–Crippen LogP) is 14.2. The number of aliphatic hydroxyl groups is 2. The van der Waals surface area contributed by atoms with Gasteiger partial charge in [0.15, 0.2) is 0 Å². The lowest BCUT2D eigenvalue weighted by atomic mass is 9.83. The van der Waals surface area contributed by atoms with Crippen LogP contribution < -0.4 is 14.2 Å². The Balaban J connectivity index is 0.000000146. The van der Waals surface area contributed by atoms with Crippen molar-refractivity contribution in [1.29, 1.82) is 0 Å². The molecule has 6 bridgehead atoms. The third-order valence-corrected chi connectivity index (χ3v) is 22.1. The van der Waals surface area contributed by atoms with E-state index in [9.17, 15) is 34.5 Å². The highest BCUT2D eigenvalue weighted by molar-refractivity contribution is 6.64. The molecule has 17 heteroatoms. The zero-order chi connectivity index (χ0) is 70.9. The number of aliphatic hydroxyl groups excluding tert-OH is 2. The van der Waals surface area contributed by atoms with Gasteiger partial charge in [-0.1, -0.05) is 146 Å². The van der Waals surface area contributed by atoms with Crippen LogP contribution in [0.25, 0.3) is 0 Å². The van der Waals surface area contributed by atoms with Crippen LogP contribution in [0.4, 0.5) is 0 Å². The van der Waals surface area contributed by atoms with Crippen LogP contribution in [0.3, 0.4) is 0 Å². The van der Waals surface area contributed by atoms with Crippen LogP contribution in [0.5, 0.6) is 23.0 Å². The molecular weight excluding hydrogens is 1280 g/mol. The largest absolute Gasteiger partial charge is 0.508 e. The monoisotopic (exact) mass is 1380 g/mol. The fraction of sp³-hybridized carbons (Fsp3) is 0.446. The van der Waals surface area contributed by atoms with E-state index in [-0.39, 0.29) is 72.3 Å². The number of esters is 3. The number of phenols is 1. The summed E-state index contributed by atoms with van der Waals surface area (Å²) in [6.07, 6.45) is 12.5. The van der Waals surface area contributed by atoms with Gasteiger partial charge in [0.25, 0.3) is 0 Å². The van der Waals surface area contributed by atoms with Gasteiger partial charge in [0.1, 0.15) is 72.0 Å². The molecule has 532 valence electrons. The van der Waals surface area contributed by atoms with Gasteiger partial charge < -0.3 is 58.4 Å². The molecule has 0 radical (unpaired) electrons. The lowest BCUT2D eigenvalue weighted by Gasteiger charge is -2.37. The summed E-state index contributed by atoms with van der Waals surface area (Å²) in [6.45, 7) is 8.08. The molecule has 6 aliphatic heterocycles. The van der Waals surface area contributed by atoms with E-state index < -0.39 is 10.8 Å². The van der Waals surface area contributed by atoms with E-state index in [1.165, 1.54) is 50.7 Å². The number of phenolic OH excluding ortho intramolecular Hbond substituents is 1. The Hall–Kier alpha value is -8.09. The molecule has 10 unspecified atom stereocenters. The zero-order valence-electron chi connectivity index (χ0n) is 58.9. The molecule has 6 fully saturated rings. The summed E-state index contributed by atoms with van der Waals surface area (Å²) in [6, 6.07) is 62.2. The van der Waals surface area contributed by atoms with Gasteiger partial charge in [-0.15, -0.1) is 0 Å². The second-order valence-corrected chi connectivity index (χ2v) is 28.8. The smallest absolute Gasteiger partial charge is 0.318 e. The molecule has 0 saturated carbocycles. The van der Waals surface area contributed by atoms with Crippen molar-refractivity contribution in [1.82, 2.24) is 14.7 Å². The third-order valence-electron chi connectivity index (χ3n) is 21.7. The third kappa shape index (κ3) is 19.3. The summed E-state index contributed by atoms with van der Waals surface area (Å²) in [5.41, 5.74) is 4.41. The van der Waals surface area contributed by atoms with Gasteiger partial charge in [-0.25, -0.2) is 0 Å². The minimum Gasteiger partial charge on any atom is -0.508 e. The lowest BCUT2D eigenvalue weighted by Crippen LogP contribution is -2.46. The first kappa shape index (κ1) is 74.6. The maximum atomic E-state index is 13.0. The Labute approximate surface area is 595 Å². The SMILES string of the molecule is CC(C(=O)Cl)c1ccc(OCc2ccccc2)cc1.CC(C(=O)OC1CC2CCC(C1)N2C)c1ccc(OCc2ccccc2)cc1.CN1C2CCC1CC(OC(=O)C(C)(CO)c1ccc(O)cc1)C2.CN1C2CCC1CC(OC(=O)C(C)(CO)c1ccc(OCc3ccccc3)cc1)C2. The number of hydrogen-bond acceptors (Lipinski definition) is 16. The molecule has 6 heterocycles. The number of piperidine rings is 3. The highest BCUT2D eigenvalue weighted by atomic mass is 35.5. The van der Waals surface area contributed by atoms with E-state index in [2.05, 4.69) is 35.8 Å². The molecule has 7 aromatic carbocycles. The molecule has 3 N–H and O–H groups in total. The zero-order valence-corrected chi connectivity index (χ0v) is 59.7. The van der Waals surface area contributed by atoms with Crippen molar-refractivity contribution in [3.8, 4) is 23.0 Å². The molecule has 6 aliphatic rings. The van der Waals surface area contributed by atoms with Gasteiger partial charge in [0, 0.05) is 36.3 Å². The average Bonchev–Trinajstić information content (AvgIpc) is 1.36. The number of carbonyl (C=O) groups excluding carboxylic acids is 4. The molecule has 6 saturated heterocycles. The van der Waals surface area contributed by atoms with Crippen molar-refractivity contribution >= 4 is 34.8 Å². The second kappa shape index (κ2) is 35.0. The Kier molecular flexibility index (Phi) is 26.1. The molecule has 0 aliphatic carbocycles. The summed E-state index contributed by atoms with van der Waals surface area (Å²) in [5, 5.41) is 28.9. The van der Waals surface area contributed by atoms with Crippen molar-refractivity contribution < 1.29 is 62.9 Å². The predicted molar refractivity (Wildman–Crippen MR) is 387 cm³/mol. The first-order chi connectivity index (χ1) is 48.2. The fourth-order valence-corrected chi connectivity index (χ4v) is 14.8. The number of aromatic hydroxyl groups is 1. The Bertz CT molecular complexity index is 3680. The number of rotatable bonds is 22. The number of ether oxygens (including phenoxy) is 6. The topological polar surface area (TPSA) is 194 Å². The summed E-state index contributed by atoms with van der Waals surface area (Å²) in [4.78, 5) is 56.8. The van der Waals surface area contributed by atoms with Crippen molar-refractivity contribution in [2.75, 3.05) is 34.4 Å². The van der Waals surface area contributed by atoms with Crippen LogP contribution in [0.15, 0.2) is 188 Å². The number of nitrogens with zero attached hydrogens (tertiary/aromatic N) is 3. The van der Waals surface area contributed by atoms with E-state index in [4.69, 9.17) is 40.0 Å². The van der Waals surface area contributed by atoms with E-state index in [1.54, 1.807) is 32.9 Å². The highest BCUT2D eigenvalue weighted by Crippen LogP contribution is 2.40. The molecule has 0 aromatic heterocycles. The van der Waals surface area contributed by atoms with Gasteiger partial charge in [-0.2, -0.15) is 0 Å².